The van der Waals surface area contributed by atoms with Gasteiger partial charge in [0.15, 0.2) is 5.13 Å². The van der Waals surface area contributed by atoms with Crippen molar-refractivity contribution in [3.8, 4) is 5.75 Å². The number of thiazole rings is 1. The fourth-order valence-corrected chi connectivity index (χ4v) is 3.66. The van der Waals surface area contributed by atoms with Crippen LogP contribution in [0, 0.1) is 0 Å². The number of anilines is 1. The maximum atomic E-state index is 13.0. The van der Waals surface area contributed by atoms with E-state index < -0.39 is 11.5 Å². The van der Waals surface area contributed by atoms with Crippen LogP contribution in [0.4, 0.5) is 5.13 Å². The van der Waals surface area contributed by atoms with Gasteiger partial charge in [-0.1, -0.05) is 44.7 Å². The number of unbranched alkanes of at least 4 members (excludes halogenated alkanes) is 4. The average Bonchev–Trinajstić information content (AvgIpc) is 3.17. The summed E-state index contributed by atoms with van der Waals surface area (Å²) in [5, 5.41) is 15.8. The van der Waals surface area contributed by atoms with Gasteiger partial charge >= 0.3 is 0 Å². The number of para-hydroxylation sites is 1. The summed E-state index contributed by atoms with van der Waals surface area (Å²) in [5.74, 6) is -0.926. The highest BCUT2D eigenvalue weighted by Crippen LogP contribution is 2.27. The van der Waals surface area contributed by atoms with E-state index in [1.54, 1.807) is 34.3 Å². The van der Waals surface area contributed by atoms with Crippen LogP contribution in [-0.4, -0.2) is 20.6 Å². The van der Waals surface area contributed by atoms with Crippen LogP contribution < -0.4 is 10.9 Å². The zero-order valence-electron chi connectivity index (χ0n) is 15.3. The van der Waals surface area contributed by atoms with Gasteiger partial charge in [-0.15, -0.1) is 11.3 Å². The van der Waals surface area contributed by atoms with Crippen molar-refractivity contribution in [2.75, 3.05) is 5.32 Å². The summed E-state index contributed by atoms with van der Waals surface area (Å²) >= 11 is 1.25. The Kier molecular flexibility index (Phi) is 6.24. The minimum Gasteiger partial charge on any atom is -0.506 e. The van der Waals surface area contributed by atoms with Crippen molar-refractivity contribution in [2.24, 2.45) is 0 Å². The molecule has 3 rings (SSSR count). The largest absolute Gasteiger partial charge is 0.506 e. The number of hydrogen-bond donors (Lipinski definition) is 2. The molecule has 0 radical (unpaired) electrons. The third-order valence-corrected chi connectivity index (χ3v) is 5.20. The van der Waals surface area contributed by atoms with Gasteiger partial charge in [-0.2, -0.15) is 0 Å². The quantitative estimate of drug-likeness (QED) is 0.563. The predicted molar refractivity (Wildman–Crippen MR) is 109 cm³/mol. The number of nitrogens with one attached hydrogen (secondary N) is 1. The lowest BCUT2D eigenvalue weighted by Gasteiger charge is -2.14. The van der Waals surface area contributed by atoms with Crippen molar-refractivity contribution in [1.29, 1.82) is 0 Å². The Morgan fingerprint density at radius 3 is 2.74 bits per heavy atom. The van der Waals surface area contributed by atoms with Crippen molar-refractivity contribution in [1.82, 2.24) is 9.55 Å². The van der Waals surface area contributed by atoms with Gasteiger partial charge in [0.05, 0.1) is 5.52 Å². The predicted octanol–water partition coefficient (Wildman–Crippen LogP) is 4.39. The number of aromatic nitrogens is 2. The summed E-state index contributed by atoms with van der Waals surface area (Å²) in [6, 6.07) is 7.12. The van der Waals surface area contributed by atoms with E-state index in [-0.39, 0.29) is 11.3 Å². The van der Waals surface area contributed by atoms with Crippen molar-refractivity contribution >= 4 is 33.3 Å². The number of fused-ring (bicyclic) bond motifs is 1. The number of rotatable bonds is 8. The number of benzene rings is 1. The molecule has 3 aromatic rings. The Balaban J connectivity index is 1.98. The Bertz CT molecular complexity index is 980. The molecule has 2 heterocycles. The number of nitrogens with zero attached hydrogens (tertiary/aromatic N) is 2. The number of hydrogen-bond acceptors (Lipinski definition) is 5. The van der Waals surface area contributed by atoms with Gasteiger partial charge in [-0.25, -0.2) is 4.98 Å². The van der Waals surface area contributed by atoms with E-state index in [1.807, 2.05) is 6.07 Å². The molecule has 0 saturated carbocycles. The van der Waals surface area contributed by atoms with Crippen LogP contribution in [0.5, 0.6) is 5.75 Å². The molecule has 0 aliphatic rings. The third kappa shape index (κ3) is 4.19. The maximum absolute atomic E-state index is 13.0. The second kappa shape index (κ2) is 8.81. The van der Waals surface area contributed by atoms with E-state index >= 15 is 0 Å². The first kappa shape index (κ1) is 19.1. The van der Waals surface area contributed by atoms with Gasteiger partial charge in [-0.3, -0.25) is 14.9 Å². The molecule has 0 unspecified atom stereocenters. The molecule has 7 heteroatoms. The van der Waals surface area contributed by atoms with Crippen LogP contribution in [0.1, 0.15) is 49.4 Å². The van der Waals surface area contributed by atoms with Gasteiger partial charge in [0, 0.05) is 23.5 Å². The van der Waals surface area contributed by atoms with Crippen LogP contribution in [0.2, 0.25) is 0 Å². The highest BCUT2D eigenvalue weighted by atomic mass is 32.1. The molecular formula is C20H23N3O3S. The number of carbonyl (C=O) groups is 1. The average molecular weight is 385 g/mol. The zero-order chi connectivity index (χ0) is 19.2. The molecule has 0 fully saturated rings. The van der Waals surface area contributed by atoms with Gasteiger partial charge in [0.2, 0.25) is 0 Å². The standard InChI is InChI=1S/C20H23N3O3S/c1-2-3-4-5-8-12-23-15-10-7-6-9-14(15)17(24)16(19(23)26)18(25)22-20-21-11-13-27-20/h6-7,9-11,13,24H,2-5,8,12H2,1H3,(H,21,22,25). The van der Waals surface area contributed by atoms with Gasteiger partial charge in [0.25, 0.3) is 11.5 Å². The number of amides is 1. The minimum atomic E-state index is -0.641. The molecule has 2 aromatic heterocycles. The topological polar surface area (TPSA) is 84.2 Å². The van der Waals surface area contributed by atoms with E-state index in [1.165, 1.54) is 17.8 Å². The van der Waals surface area contributed by atoms with Crippen LogP contribution in [0.3, 0.4) is 0 Å². The van der Waals surface area contributed by atoms with Crippen molar-refractivity contribution < 1.29 is 9.90 Å². The molecule has 1 amide bonds. The third-order valence-electron chi connectivity index (χ3n) is 4.51. The molecule has 0 saturated heterocycles. The normalized spacial score (nSPS) is 11.0. The van der Waals surface area contributed by atoms with Crippen molar-refractivity contribution in [2.45, 2.75) is 45.6 Å². The smallest absolute Gasteiger partial charge is 0.267 e. The van der Waals surface area contributed by atoms with Crippen LogP contribution >= 0.6 is 11.3 Å². The van der Waals surface area contributed by atoms with E-state index in [2.05, 4.69) is 17.2 Å². The summed E-state index contributed by atoms with van der Waals surface area (Å²) in [6.45, 7) is 2.67. The van der Waals surface area contributed by atoms with E-state index in [0.29, 0.717) is 22.6 Å². The first-order valence-electron chi connectivity index (χ1n) is 9.18. The van der Waals surface area contributed by atoms with E-state index in [4.69, 9.17) is 0 Å². The van der Waals surface area contributed by atoms with E-state index in [0.717, 1.165) is 25.7 Å². The second-order valence-electron chi connectivity index (χ2n) is 6.40. The lowest BCUT2D eigenvalue weighted by atomic mass is 10.1. The van der Waals surface area contributed by atoms with Gasteiger partial charge in [-0.05, 0) is 18.6 Å². The molecular weight excluding hydrogens is 362 g/mol. The number of carbonyl (C=O) groups excluding carboxylic acids is 1. The van der Waals surface area contributed by atoms with Gasteiger partial charge < -0.3 is 9.67 Å². The van der Waals surface area contributed by atoms with E-state index in [9.17, 15) is 14.7 Å². The Hall–Kier alpha value is -2.67. The molecule has 1 aromatic carbocycles. The maximum Gasteiger partial charge on any atom is 0.267 e. The fourth-order valence-electron chi connectivity index (χ4n) is 3.13. The summed E-state index contributed by atoms with van der Waals surface area (Å²) in [4.78, 5) is 29.7. The van der Waals surface area contributed by atoms with Crippen molar-refractivity contribution in [3.63, 3.8) is 0 Å². The first-order valence-corrected chi connectivity index (χ1v) is 10.1. The summed E-state index contributed by atoms with van der Waals surface area (Å²) in [5.41, 5.74) is -0.0745. The Morgan fingerprint density at radius 2 is 2.00 bits per heavy atom. The minimum absolute atomic E-state index is 0.238. The molecule has 0 atom stereocenters. The van der Waals surface area contributed by atoms with Crippen LogP contribution in [0.15, 0.2) is 40.6 Å². The molecule has 142 valence electrons. The Labute approximate surface area is 161 Å². The molecule has 6 nitrogen and oxygen atoms in total. The highest BCUT2D eigenvalue weighted by Gasteiger charge is 2.22. The van der Waals surface area contributed by atoms with Crippen LogP contribution in [0.25, 0.3) is 10.9 Å². The summed E-state index contributed by atoms with van der Waals surface area (Å²) in [7, 11) is 0. The lowest BCUT2D eigenvalue weighted by Crippen LogP contribution is -2.30. The van der Waals surface area contributed by atoms with Gasteiger partial charge in [0.1, 0.15) is 11.3 Å². The molecule has 0 spiro atoms. The molecule has 2 N–H and O–H groups in total. The monoisotopic (exact) mass is 385 g/mol. The highest BCUT2D eigenvalue weighted by molar-refractivity contribution is 7.13. The SMILES string of the molecule is CCCCCCCn1c(=O)c(C(=O)Nc2nccs2)c(O)c2ccccc21. The molecule has 27 heavy (non-hydrogen) atoms. The number of aryl methyl sites for hydroxylation is 1. The second-order valence-corrected chi connectivity index (χ2v) is 7.30. The molecule has 0 bridgehead atoms. The Morgan fingerprint density at radius 1 is 1.22 bits per heavy atom. The first-order chi connectivity index (χ1) is 13.1. The lowest BCUT2D eigenvalue weighted by molar-refractivity contribution is 0.102. The molecule has 0 aliphatic heterocycles. The molecule has 0 aliphatic carbocycles. The number of pyridine rings is 1. The zero-order valence-corrected chi connectivity index (χ0v) is 16.1. The fraction of sp³-hybridized carbons (Fsp3) is 0.350. The number of aromatic hydroxyl groups is 1. The summed E-state index contributed by atoms with van der Waals surface area (Å²) in [6.07, 6.45) is 6.89. The van der Waals surface area contributed by atoms with Crippen LogP contribution in [-0.2, 0) is 6.54 Å². The van der Waals surface area contributed by atoms with Crippen molar-refractivity contribution in [3.05, 3.63) is 51.8 Å². The summed E-state index contributed by atoms with van der Waals surface area (Å²) < 4.78 is 1.60.